The second-order valence-corrected chi connectivity index (χ2v) is 7.03. The molecule has 3 rings (SSSR count). The lowest BCUT2D eigenvalue weighted by Crippen LogP contribution is -2.47. The zero-order valence-corrected chi connectivity index (χ0v) is 15.4. The first-order valence-corrected chi connectivity index (χ1v) is 9.29. The van der Waals surface area contributed by atoms with Gasteiger partial charge in [0.25, 0.3) is 5.91 Å². The number of likely N-dealkylation sites (tertiary alicyclic amines) is 2. The van der Waals surface area contributed by atoms with Gasteiger partial charge in [-0.2, -0.15) is 8.78 Å². The number of benzene rings is 1. The highest BCUT2D eigenvalue weighted by atomic mass is 19.3. The number of para-hydroxylation sites is 1. The van der Waals surface area contributed by atoms with Crippen molar-refractivity contribution in [3.63, 3.8) is 0 Å². The van der Waals surface area contributed by atoms with E-state index in [1.807, 2.05) is 11.9 Å². The molecule has 2 aliphatic rings. The SMILES string of the molecule is CNCC1CCN(C(=O)C2CCCN2C(=O)c2ccccc2OC(F)F)C1. The van der Waals surface area contributed by atoms with E-state index in [9.17, 15) is 18.4 Å². The predicted octanol–water partition coefficient (Wildman–Crippen LogP) is 1.96. The zero-order chi connectivity index (χ0) is 19.4. The van der Waals surface area contributed by atoms with Crippen molar-refractivity contribution in [2.75, 3.05) is 33.2 Å². The summed E-state index contributed by atoms with van der Waals surface area (Å²) < 4.78 is 29.8. The van der Waals surface area contributed by atoms with Gasteiger partial charge < -0.3 is 19.9 Å². The van der Waals surface area contributed by atoms with Crippen LogP contribution in [-0.4, -0.2) is 67.5 Å². The topological polar surface area (TPSA) is 61.9 Å². The standard InChI is InChI=1S/C19H25F2N3O3/c1-22-11-13-8-10-23(12-13)18(26)15-6-4-9-24(15)17(25)14-5-2-3-7-16(14)27-19(20)21/h2-3,5,7,13,15,19,22H,4,6,8-12H2,1H3. The molecule has 0 saturated carbocycles. The number of hydrogen-bond acceptors (Lipinski definition) is 4. The molecule has 0 spiro atoms. The summed E-state index contributed by atoms with van der Waals surface area (Å²) in [6.45, 7) is -0.344. The van der Waals surface area contributed by atoms with Crippen molar-refractivity contribution in [1.82, 2.24) is 15.1 Å². The van der Waals surface area contributed by atoms with E-state index < -0.39 is 18.6 Å². The maximum absolute atomic E-state index is 13.0. The zero-order valence-electron chi connectivity index (χ0n) is 15.4. The van der Waals surface area contributed by atoms with Crippen LogP contribution in [0.1, 0.15) is 29.6 Å². The average molecular weight is 381 g/mol. The van der Waals surface area contributed by atoms with Crippen molar-refractivity contribution in [1.29, 1.82) is 0 Å². The first-order chi connectivity index (χ1) is 13.0. The fraction of sp³-hybridized carbons (Fsp3) is 0.579. The summed E-state index contributed by atoms with van der Waals surface area (Å²) in [5.74, 6) is -0.227. The lowest BCUT2D eigenvalue weighted by molar-refractivity contribution is -0.134. The molecule has 1 aromatic rings. The fourth-order valence-electron chi connectivity index (χ4n) is 3.96. The van der Waals surface area contributed by atoms with Gasteiger partial charge in [-0.1, -0.05) is 12.1 Å². The number of amides is 2. The molecule has 2 aliphatic heterocycles. The van der Waals surface area contributed by atoms with Gasteiger partial charge in [0.2, 0.25) is 5.91 Å². The Morgan fingerprint density at radius 1 is 1.26 bits per heavy atom. The average Bonchev–Trinajstić information content (AvgIpc) is 3.30. The van der Waals surface area contributed by atoms with Gasteiger partial charge in [0, 0.05) is 19.6 Å². The Hall–Kier alpha value is -2.22. The van der Waals surface area contributed by atoms with Gasteiger partial charge >= 0.3 is 6.61 Å². The summed E-state index contributed by atoms with van der Waals surface area (Å²) in [5, 5.41) is 3.13. The molecule has 2 atom stereocenters. The Morgan fingerprint density at radius 2 is 2.04 bits per heavy atom. The molecule has 6 nitrogen and oxygen atoms in total. The molecule has 2 saturated heterocycles. The first kappa shape index (κ1) is 19.5. The van der Waals surface area contributed by atoms with Crippen LogP contribution < -0.4 is 10.1 Å². The van der Waals surface area contributed by atoms with E-state index >= 15 is 0 Å². The number of ether oxygens (including phenoxy) is 1. The van der Waals surface area contributed by atoms with Crippen molar-refractivity contribution >= 4 is 11.8 Å². The Balaban J connectivity index is 1.73. The Bertz CT molecular complexity index is 686. The van der Waals surface area contributed by atoms with Crippen molar-refractivity contribution in [3.8, 4) is 5.75 Å². The van der Waals surface area contributed by atoms with E-state index in [2.05, 4.69) is 10.1 Å². The second-order valence-electron chi connectivity index (χ2n) is 7.03. The molecule has 1 aromatic carbocycles. The normalized spacial score (nSPS) is 22.5. The third-order valence-corrected chi connectivity index (χ3v) is 5.22. The molecule has 2 unspecified atom stereocenters. The fourth-order valence-corrected chi connectivity index (χ4v) is 3.96. The van der Waals surface area contributed by atoms with E-state index in [4.69, 9.17) is 0 Å². The quantitative estimate of drug-likeness (QED) is 0.818. The van der Waals surface area contributed by atoms with Crippen LogP contribution in [0.4, 0.5) is 8.78 Å². The highest BCUT2D eigenvalue weighted by Crippen LogP contribution is 2.28. The van der Waals surface area contributed by atoms with E-state index in [0.717, 1.165) is 13.0 Å². The van der Waals surface area contributed by atoms with Crippen LogP contribution in [0.2, 0.25) is 0 Å². The molecule has 1 N–H and O–H groups in total. The van der Waals surface area contributed by atoms with Gasteiger partial charge in [-0.25, -0.2) is 0 Å². The highest BCUT2D eigenvalue weighted by molar-refractivity contribution is 6.00. The summed E-state index contributed by atoms with van der Waals surface area (Å²) in [5.41, 5.74) is 0.0620. The summed E-state index contributed by atoms with van der Waals surface area (Å²) in [6, 6.07) is 5.40. The number of carbonyl (C=O) groups is 2. The van der Waals surface area contributed by atoms with E-state index in [0.29, 0.717) is 38.4 Å². The van der Waals surface area contributed by atoms with E-state index in [1.54, 1.807) is 6.07 Å². The molecular formula is C19H25F2N3O3. The summed E-state index contributed by atoms with van der Waals surface area (Å²) in [7, 11) is 1.89. The minimum absolute atomic E-state index is 0.0493. The van der Waals surface area contributed by atoms with Gasteiger partial charge in [0.05, 0.1) is 5.56 Å². The van der Waals surface area contributed by atoms with Crippen LogP contribution in [0, 0.1) is 5.92 Å². The molecule has 8 heteroatoms. The molecule has 0 radical (unpaired) electrons. The highest BCUT2D eigenvalue weighted by Gasteiger charge is 2.39. The molecule has 27 heavy (non-hydrogen) atoms. The van der Waals surface area contributed by atoms with Gasteiger partial charge in [-0.05, 0) is 50.9 Å². The van der Waals surface area contributed by atoms with Crippen LogP contribution >= 0.6 is 0 Å². The lowest BCUT2D eigenvalue weighted by atomic mass is 10.1. The minimum Gasteiger partial charge on any atom is -0.434 e. The van der Waals surface area contributed by atoms with Crippen LogP contribution in [-0.2, 0) is 4.79 Å². The lowest BCUT2D eigenvalue weighted by Gasteiger charge is -2.28. The van der Waals surface area contributed by atoms with Crippen molar-refractivity contribution in [2.24, 2.45) is 5.92 Å². The number of alkyl halides is 2. The molecule has 2 amide bonds. The number of halogens is 2. The summed E-state index contributed by atoms with van der Waals surface area (Å²) in [6.07, 6.45) is 2.25. The van der Waals surface area contributed by atoms with Crippen LogP contribution in [0.3, 0.4) is 0 Å². The van der Waals surface area contributed by atoms with Crippen LogP contribution in [0.15, 0.2) is 24.3 Å². The summed E-state index contributed by atoms with van der Waals surface area (Å²) in [4.78, 5) is 29.3. The number of hydrogen-bond donors (Lipinski definition) is 1. The summed E-state index contributed by atoms with van der Waals surface area (Å²) >= 11 is 0. The smallest absolute Gasteiger partial charge is 0.387 e. The first-order valence-electron chi connectivity index (χ1n) is 9.29. The van der Waals surface area contributed by atoms with Gasteiger partial charge in [-0.15, -0.1) is 0 Å². The van der Waals surface area contributed by atoms with Crippen molar-refractivity contribution < 1.29 is 23.1 Å². The van der Waals surface area contributed by atoms with Gasteiger partial charge in [-0.3, -0.25) is 9.59 Å². The van der Waals surface area contributed by atoms with Crippen LogP contribution in [0.5, 0.6) is 5.75 Å². The molecule has 2 heterocycles. The molecule has 0 bridgehead atoms. The number of nitrogens with zero attached hydrogens (tertiary/aromatic N) is 2. The largest absolute Gasteiger partial charge is 0.434 e. The minimum atomic E-state index is -3.01. The predicted molar refractivity (Wildman–Crippen MR) is 95.7 cm³/mol. The van der Waals surface area contributed by atoms with Crippen molar-refractivity contribution in [3.05, 3.63) is 29.8 Å². The maximum atomic E-state index is 13.0. The van der Waals surface area contributed by atoms with E-state index in [-0.39, 0.29) is 17.2 Å². The molecular weight excluding hydrogens is 356 g/mol. The molecule has 148 valence electrons. The van der Waals surface area contributed by atoms with Gasteiger partial charge in [0.1, 0.15) is 11.8 Å². The third-order valence-electron chi connectivity index (χ3n) is 5.22. The Labute approximate surface area is 157 Å². The monoisotopic (exact) mass is 381 g/mol. The molecule has 0 aromatic heterocycles. The number of rotatable bonds is 6. The molecule has 0 aliphatic carbocycles. The van der Waals surface area contributed by atoms with Crippen LogP contribution in [0.25, 0.3) is 0 Å². The molecule has 2 fully saturated rings. The Morgan fingerprint density at radius 3 is 2.78 bits per heavy atom. The van der Waals surface area contributed by atoms with E-state index in [1.165, 1.54) is 23.1 Å². The number of carbonyl (C=O) groups excluding carboxylic acids is 2. The van der Waals surface area contributed by atoms with Crippen molar-refractivity contribution in [2.45, 2.75) is 31.9 Å². The maximum Gasteiger partial charge on any atom is 0.387 e. The Kier molecular flexibility index (Phi) is 6.26. The third kappa shape index (κ3) is 4.37. The second kappa shape index (κ2) is 8.65. The van der Waals surface area contributed by atoms with Gasteiger partial charge in [0.15, 0.2) is 0 Å². The number of nitrogens with one attached hydrogen (secondary N) is 1.